The molecular weight excluding hydrogens is 364 g/mol. The molecular formula is C21H29ClN2O3. The van der Waals surface area contributed by atoms with Crippen LogP contribution in [-0.4, -0.2) is 36.6 Å². The lowest BCUT2D eigenvalue weighted by Crippen LogP contribution is -2.54. The molecule has 148 valence electrons. The summed E-state index contributed by atoms with van der Waals surface area (Å²) in [5, 5.41) is 6.65. The first kappa shape index (κ1) is 20.2. The van der Waals surface area contributed by atoms with Crippen molar-refractivity contribution in [2.45, 2.75) is 64.1 Å². The van der Waals surface area contributed by atoms with Crippen LogP contribution in [0.2, 0.25) is 5.02 Å². The van der Waals surface area contributed by atoms with Gasteiger partial charge in [-0.15, -0.1) is 0 Å². The Bertz CT molecular complexity index is 660. The molecule has 0 spiro atoms. The highest BCUT2D eigenvalue weighted by Crippen LogP contribution is 2.38. The smallest absolute Gasteiger partial charge is 0.251 e. The maximum absolute atomic E-state index is 12.9. The third-order valence-corrected chi connectivity index (χ3v) is 5.95. The van der Waals surface area contributed by atoms with Gasteiger partial charge in [0, 0.05) is 23.2 Å². The molecule has 0 aromatic heterocycles. The van der Waals surface area contributed by atoms with Crippen molar-refractivity contribution in [3.8, 4) is 0 Å². The highest BCUT2D eigenvalue weighted by molar-refractivity contribution is 6.30. The minimum atomic E-state index is -0.555. The first-order valence-electron chi connectivity index (χ1n) is 9.96. The van der Waals surface area contributed by atoms with Gasteiger partial charge in [-0.25, -0.2) is 0 Å². The predicted octanol–water partition coefficient (Wildman–Crippen LogP) is 3.56. The van der Waals surface area contributed by atoms with Gasteiger partial charge in [0.05, 0.1) is 6.10 Å². The highest BCUT2D eigenvalue weighted by atomic mass is 35.5. The van der Waals surface area contributed by atoms with Gasteiger partial charge in [0.2, 0.25) is 5.91 Å². The molecule has 27 heavy (non-hydrogen) atoms. The summed E-state index contributed by atoms with van der Waals surface area (Å²) in [7, 11) is 0. The average molecular weight is 393 g/mol. The van der Waals surface area contributed by atoms with Crippen LogP contribution in [0.15, 0.2) is 24.3 Å². The lowest BCUT2D eigenvalue weighted by Gasteiger charge is -2.32. The molecule has 1 saturated heterocycles. The average Bonchev–Trinajstić information content (AvgIpc) is 3.51. The van der Waals surface area contributed by atoms with E-state index in [-0.39, 0.29) is 29.9 Å². The Hall–Kier alpha value is -1.59. The maximum atomic E-state index is 12.9. The van der Waals surface area contributed by atoms with E-state index in [4.69, 9.17) is 16.3 Å². The van der Waals surface area contributed by atoms with Gasteiger partial charge in [0.1, 0.15) is 6.04 Å². The molecule has 3 rings (SSSR count). The predicted molar refractivity (Wildman–Crippen MR) is 106 cm³/mol. The summed E-state index contributed by atoms with van der Waals surface area (Å²) >= 11 is 5.89. The molecule has 2 aliphatic rings. The molecule has 0 bridgehead atoms. The van der Waals surface area contributed by atoms with Crippen molar-refractivity contribution in [3.05, 3.63) is 34.9 Å². The monoisotopic (exact) mass is 392 g/mol. The minimum absolute atomic E-state index is 0.0420. The van der Waals surface area contributed by atoms with Gasteiger partial charge in [0.15, 0.2) is 0 Å². The minimum Gasteiger partial charge on any atom is -0.378 e. The summed E-state index contributed by atoms with van der Waals surface area (Å²) in [5.74, 6) is 0.350. The second-order valence-corrected chi connectivity index (χ2v) is 8.26. The number of rotatable bonds is 7. The summed E-state index contributed by atoms with van der Waals surface area (Å²) < 4.78 is 5.84. The molecule has 2 N–H and O–H groups in total. The summed E-state index contributed by atoms with van der Waals surface area (Å²) in [5.41, 5.74) is 0.500. The zero-order chi connectivity index (χ0) is 19.4. The SMILES string of the molecule is CC[C@H](C)[C@H](NC(=O)c1ccc(Cl)cc1)C(=O)N[C@@H]1CCO[C@H](C2CC2)C1. The second-order valence-electron chi connectivity index (χ2n) is 7.82. The number of nitrogens with one attached hydrogen (secondary N) is 2. The molecule has 1 aliphatic heterocycles. The number of benzene rings is 1. The van der Waals surface area contributed by atoms with Gasteiger partial charge in [-0.1, -0.05) is 31.9 Å². The quantitative estimate of drug-likeness (QED) is 0.745. The number of carbonyl (C=O) groups excluding carboxylic acids is 2. The lowest BCUT2D eigenvalue weighted by atomic mass is 9.95. The van der Waals surface area contributed by atoms with Crippen molar-refractivity contribution in [2.24, 2.45) is 11.8 Å². The van der Waals surface area contributed by atoms with Gasteiger partial charge in [-0.05, 0) is 61.8 Å². The summed E-state index contributed by atoms with van der Waals surface area (Å²) in [6, 6.07) is 6.25. The van der Waals surface area contributed by atoms with Crippen LogP contribution in [-0.2, 0) is 9.53 Å². The first-order chi connectivity index (χ1) is 13.0. The van der Waals surface area contributed by atoms with Crippen LogP contribution in [0.3, 0.4) is 0 Å². The molecule has 5 nitrogen and oxygen atoms in total. The zero-order valence-corrected chi connectivity index (χ0v) is 16.8. The number of ether oxygens (including phenoxy) is 1. The van der Waals surface area contributed by atoms with E-state index in [1.54, 1.807) is 24.3 Å². The second kappa shape index (κ2) is 9.07. The maximum Gasteiger partial charge on any atom is 0.251 e. The molecule has 2 fully saturated rings. The van der Waals surface area contributed by atoms with Crippen LogP contribution in [0.4, 0.5) is 0 Å². The molecule has 1 aromatic carbocycles. The topological polar surface area (TPSA) is 67.4 Å². The van der Waals surface area contributed by atoms with E-state index in [2.05, 4.69) is 10.6 Å². The fraction of sp³-hybridized carbons (Fsp3) is 0.619. The Labute approximate surface area is 166 Å². The van der Waals surface area contributed by atoms with Gasteiger partial charge in [0.25, 0.3) is 5.91 Å². The van der Waals surface area contributed by atoms with Crippen molar-refractivity contribution < 1.29 is 14.3 Å². The van der Waals surface area contributed by atoms with Crippen LogP contribution < -0.4 is 10.6 Å². The van der Waals surface area contributed by atoms with Crippen LogP contribution in [0, 0.1) is 11.8 Å². The van der Waals surface area contributed by atoms with E-state index in [9.17, 15) is 9.59 Å². The molecule has 1 heterocycles. The molecule has 0 radical (unpaired) electrons. The summed E-state index contributed by atoms with van der Waals surface area (Å²) in [6.45, 7) is 4.71. The third-order valence-electron chi connectivity index (χ3n) is 5.70. The van der Waals surface area contributed by atoms with Crippen molar-refractivity contribution in [1.82, 2.24) is 10.6 Å². The van der Waals surface area contributed by atoms with Crippen LogP contribution in [0.5, 0.6) is 0 Å². The Morgan fingerprint density at radius 2 is 1.93 bits per heavy atom. The molecule has 1 aromatic rings. The Morgan fingerprint density at radius 3 is 2.56 bits per heavy atom. The third kappa shape index (κ3) is 5.45. The fourth-order valence-electron chi connectivity index (χ4n) is 3.57. The van der Waals surface area contributed by atoms with Crippen LogP contribution >= 0.6 is 11.6 Å². The molecule has 1 saturated carbocycles. The number of halogens is 1. The number of amides is 2. The van der Waals surface area contributed by atoms with Gasteiger partial charge < -0.3 is 15.4 Å². The van der Waals surface area contributed by atoms with E-state index < -0.39 is 6.04 Å². The fourth-order valence-corrected chi connectivity index (χ4v) is 3.70. The molecule has 6 heteroatoms. The largest absolute Gasteiger partial charge is 0.378 e. The van der Waals surface area contributed by atoms with E-state index in [1.165, 1.54) is 12.8 Å². The first-order valence-corrected chi connectivity index (χ1v) is 10.3. The van der Waals surface area contributed by atoms with E-state index in [0.717, 1.165) is 19.3 Å². The number of hydrogen-bond donors (Lipinski definition) is 2. The zero-order valence-electron chi connectivity index (χ0n) is 16.0. The number of carbonyl (C=O) groups is 2. The Balaban J connectivity index is 1.61. The van der Waals surface area contributed by atoms with E-state index in [1.807, 2.05) is 13.8 Å². The van der Waals surface area contributed by atoms with Crippen LogP contribution in [0.1, 0.15) is 56.3 Å². The van der Waals surface area contributed by atoms with E-state index >= 15 is 0 Å². The Morgan fingerprint density at radius 1 is 1.22 bits per heavy atom. The van der Waals surface area contributed by atoms with Gasteiger partial charge in [-0.3, -0.25) is 9.59 Å². The summed E-state index contributed by atoms with van der Waals surface area (Å²) in [4.78, 5) is 25.5. The van der Waals surface area contributed by atoms with Crippen LogP contribution in [0.25, 0.3) is 0 Å². The lowest BCUT2D eigenvalue weighted by molar-refractivity contribution is -0.126. The van der Waals surface area contributed by atoms with Crippen molar-refractivity contribution in [2.75, 3.05) is 6.61 Å². The van der Waals surface area contributed by atoms with E-state index in [0.29, 0.717) is 23.1 Å². The normalized spacial score (nSPS) is 24.7. The highest BCUT2D eigenvalue weighted by Gasteiger charge is 2.37. The molecule has 1 aliphatic carbocycles. The van der Waals surface area contributed by atoms with Crippen molar-refractivity contribution in [3.63, 3.8) is 0 Å². The standard InChI is InChI=1S/C21H29ClN2O3/c1-3-13(2)19(24-20(25)15-6-8-16(22)9-7-15)21(26)23-17-10-11-27-18(12-17)14-4-5-14/h6-9,13-14,17-19H,3-5,10-12H2,1-2H3,(H,23,26)(H,24,25)/t13-,17+,18-,19-/m0/s1. The molecule has 2 amide bonds. The van der Waals surface area contributed by atoms with Crippen molar-refractivity contribution >= 4 is 23.4 Å². The molecule has 0 unspecified atom stereocenters. The summed E-state index contributed by atoms with van der Waals surface area (Å²) in [6.07, 6.45) is 5.24. The molecule has 4 atom stereocenters. The number of hydrogen-bond acceptors (Lipinski definition) is 3. The van der Waals surface area contributed by atoms with Crippen molar-refractivity contribution in [1.29, 1.82) is 0 Å². The van der Waals surface area contributed by atoms with Gasteiger partial charge >= 0.3 is 0 Å². The Kier molecular flexibility index (Phi) is 6.77. The van der Waals surface area contributed by atoms with Gasteiger partial charge in [-0.2, -0.15) is 0 Å².